The van der Waals surface area contributed by atoms with Crippen molar-refractivity contribution < 1.29 is 14.3 Å². The average Bonchev–Trinajstić information content (AvgIpc) is 2.81. The fourth-order valence-electron chi connectivity index (χ4n) is 3.18. The second-order valence-corrected chi connectivity index (χ2v) is 7.34. The van der Waals surface area contributed by atoms with E-state index in [1.54, 1.807) is 48.9 Å². The smallest absolute Gasteiger partial charge is 0.293 e. The Morgan fingerprint density at radius 3 is 2.87 bits per heavy atom. The summed E-state index contributed by atoms with van der Waals surface area (Å²) in [5, 5.41) is 3.30. The summed E-state index contributed by atoms with van der Waals surface area (Å²) in [5.41, 5.74) is 1.88. The molecule has 0 saturated carbocycles. The number of aromatic nitrogens is 3. The molecule has 31 heavy (non-hydrogen) atoms. The average molecular weight is 440 g/mol. The van der Waals surface area contributed by atoms with Crippen LogP contribution in [-0.2, 0) is 4.74 Å². The third-order valence-corrected chi connectivity index (χ3v) is 5.00. The van der Waals surface area contributed by atoms with Crippen LogP contribution < -0.4 is 10.1 Å². The molecule has 0 aliphatic carbocycles. The quantitative estimate of drug-likeness (QED) is 0.604. The van der Waals surface area contributed by atoms with Gasteiger partial charge in [-0.25, -0.2) is 9.97 Å². The number of anilines is 1. The lowest BCUT2D eigenvalue weighted by Gasteiger charge is -2.26. The highest BCUT2D eigenvalue weighted by Gasteiger charge is 2.15. The molecule has 0 spiro atoms. The zero-order valence-corrected chi connectivity index (χ0v) is 17.6. The summed E-state index contributed by atoms with van der Waals surface area (Å²) in [6.45, 7) is 4.57. The molecule has 9 heteroatoms. The lowest BCUT2D eigenvalue weighted by Crippen LogP contribution is -2.38. The molecule has 1 amide bonds. The number of amides is 1. The van der Waals surface area contributed by atoms with Crippen LogP contribution in [0.2, 0.25) is 5.02 Å². The largest absolute Gasteiger partial charge is 0.491 e. The van der Waals surface area contributed by atoms with Gasteiger partial charge in [0.15, 0.2) is 0 Å². The zero-order chi connectivity index (χ0) is 21.5. The van der Waals surface area contributed by atoms with Crippen LogP contribution in [0, 0.1) is 0 Å². The van der Waals surface area contributed by atoms with Gasteiger partial charge in [0.1, 0.15) is 12.4 Å². The highest BCUT2D eigenvalue weighted by atomic mass is 35.5. The second-order valence-electron chi connectivity index (χ2n) is 6.90. The predicted molar refractivity (Wildman–Crippen MR) is 117 cm³/mol. The first-order chi connectivity index (χ1) is 15.2. The van der Waals surface area contributed by atoms with Gasteiger partial charge in [-0.05, 0) is 36.4 Å². The molecule has 160 valence electrons. The molecule has 1 aliphatic heterocycles. The summed E-state index contributed by atoms with van der Waals surface area (Å²) in [7, 11) is 0. The van der Waals surface area contributed by atoms with Crippen molar-refractivity contribution in [1.82, 2.24) is 19.9 Å². The summed E-state index contributed by atoms with van der Waals surface area (Å²) < 4.78 is 11.4. The Bertz CT molecular complexity index is 1030. The monoisotopic (exact) mass is 439 g/mol. The number of morpholine rings is 1. The molecule has 1 aliphatic rings. The van der Waals surface area contributed by atoms with Crippen molar-refractivity contribution in [2.45, 2.75) is 0 Å². The SMILES string of the molecule is O=C(Nc1cccnc1)c1nccc(-c2ccc(Cl)cc2OCCN2CCOCC2)n1. The number of carbonyl (C=O) groups is 1. The van der Waals surface area contributed by atoms with Crippen LogP contribution in [-0.4, -0.2) is 65.2 Å². The van der Waals surface area contributed by atoms with Crippen LogP contribution in [0.5, 0.6) is 5.75 Å². The van der Waals surface area contributed by atoms with Crippen molar-refractivity contribution in [3.8, 4) is 17.0 Å². The first kappa shape index (κ1) is 21.2. The van der Waals surface area contributed by atoms with E-state index in [4.69, 9.17) is 21.1 Å². The molecule has 0 unspecified atom stereocenters. The molecule has 0 radical (unpaired) electrons. The molecule has 3 heterocycles. The first-order valence-corrected chi connectivity index (χ1v) is 10.3. The highest BCUT2D eigenvalue weighted by Crippen LogP contribution is 2.31. The van der Waals surface area contributed by atoms with Crippen molar-refractivity contribution in [2.24, 2.45) is 0 Å². The third kappa shape index (κ3) is 5.75. The van der Waals surface area contributed by atoms with Gasteiger partial charge in [0.05, 0.1) is 30.8 Å². The van der Waals surface area contributed by atoms with Crippen LogP contribution >= 0.6 is 11.6 Å². The van der Waals surface area contributed by atoms with Gasteiger partial charge >= 0.3 is 0 Å². The Balaban J connectivity index is 1.49. The summed E-state index contributed by atoms with van der Waals surface area (Å²) in [6.07, 6.45) is 4.74. The van der Waals surface area contributed by atoms with Crippen molar-refractivity contribution in [3.63, 3.8) is 0 Å². The number of carbonyl (C=O) groups excluding carboxylic acids is 1. The molecule has 1 aromatic carbocycles. The van der Waals surface area contributed by atoms with Crippen LogP contribution in [0.15, 0.2) is 55.0 Å². The van der Waals surface area contributed by atoms with Crippen LogP contribution in [0.4, 0.5) is 5.69 Å². The minimum atomic E-state index is -0.418. The molecule has 0 bridgehead atoms. The Kier molecular flexibility index (Phi) is 7.03. The maximum atomic E-state index is 12.6. The number of pyridine rings is 1. The van der Waals surface area contributed by atoms with Crippen LogP contribution in [0.3, 0.4) is 0 Å². The molecule has 8 nitrogen and oxygen atoms in total. The first-order valence-electron chi connectivity index (χ1n) is 9.96. The van der Waals surface area contributed by atoms with Crippen molar-refractivity contribution in [2.75, 3.05) is 44.8 Å². The van der Waals surface area contributed by atoms with Gasteiger partial charge in [0, 0.05) is 42.6 Å². The summed E-state index contributed by atoms with van der Waals surface area (Å²) >= 11 is 6.19. The number of nitrogens with zero attached hydrogens (tertiary/aromatic N) is 4. The maximum absolute atomic E-state index is 12.6. The number of ether oxygens (including phenoxy) is 2. The number of hydrogen-bond acceptors (Lipinski definition) is 7. The van der Waals surface area contributed by atoms with Crippen LogP contribution in [0.1, 0.15) is 10.6 Å². The van der Waals surface area contributed by atoms with E-state index in [-0.39, 0.29) is 5.82 Å². The lowest BCUT2D eigenvalue weighted by molar-refractivity contribution is 0.0323. The fraction of sp³-hybridized carbons (Fsp3) is 0.273. The van der Waals surface area contributed by atoms with Crippen molar-refractivity contribution >= 4 is 23.2 Å². The predicted octanol–water partition coefficient (Wildman–Crippen LogP) is 3.16. The van der Waals surface area contributed by atoms with E-state index in [2.05, 4.69) is 25.2 Å². The number of halogens is 1. The Hall–Kier alpha value is -3.07. The molecule has 4 rings (SSSR count). The van der Waals surface area contributed by atoms with Gasteiger partial charge in [0.2, 0.25) is 5.82 Å². The topological polar surface area (TPSA) is 89.5 Å². The molecule has 1 fully saturated rings. The second kappa shape index (κ2) is 10.3. The minimum Gasteiger partial charge on any atom is -0.491 e. The van der Waals surface area contributed by atoms with E-state index in [0.29, 0.717) is 28.8 Å². The Morgan fingerprint density at radius 1 is 1.19 bits per heavy atom. The normalized spacial score (nSPS) is 14.2. The third-order valence-electron chi connectivity index (χ3n) is 4.77. The molecule has 2 aromatic heterocycles. The fourth-order valence-corrected chi connectivity index (χ4v) is 3.34. The van der Waals surface area contributed by atoms with E-state index < -0.39 is 5.91 Å². The van der Waals surface area contributed by atoms with Gasteiger partial charge in [-0.15, -0.1) is 0 Å². The molecular weight excluding hydrogens is 418 g/mol. The van der Waals surface area contributed by atoms with E-state index in [0.717, 1.165) is 38.4 Å². The van der Waals surface area contributed by atoms with Gasteiger partial charge in [-0.2, -0.15) is 0 Å². The van der Waals surface area contributed by atoms with Gasteiger partial charge in [-0.3, -0.25) is 14.7 Å². The molecule has 1 N–H and O–H groups in total. The number of hydrogen-bond donors (Lipinski definition) is 1. The van der Waals surface area contributed by atoms with Crippen molar-refractivity contribution in [3.05, 3.63) is 65.8 Å². The van der Waals surface area contributed by atoms with E-state index in [9.17, 15) is 4.79 Å². The summed E-state index contributed by atoms with van der Waals surface area (Å²) in [5.74, 6) is 0.243. The van der Waals surface area contributed by atoms with E-state index >= 15 is 0 Å². The number of nitrogens with one attached hydrogen (secondary N) is 1. The van der Waals surface area contributed by atoms with E-state index in [1.165, 1.54) is 0 Å². The van der Waals surface area contributed by atoms with Crippen molar-refractivity contribution in [1.29, 1.82) is 0 Å². The highest BCUT2D eigenvalue weighted by molar-refractivity contribution is 6.30. The van der Waals surface area contributed by atoms with Gasteiger partial charge in [-0.1, -0.05) is 11.6 Å². The van der Waals surface area contributed by atoms with Crippen LogP contribution in [0.25, 0.3) is 11.3 Å². The number of rotatable bonds is 7. The Morgan fingerprint density at radius 2 is 2.06 bits per heavy atom. The molecular formula is C22H22ClN5O3. The zero-order valence-electron chi connectivity index (χ0n) is 16.8. The van der Waals surface area contributed by atoms with Gasteiger partial charge < -0.3 is 14.8 Å². The molecule has 3 aromatic rings. The molecule has 0 atom stereocenters. The number of benzene rings is 1. The lowest BCUT2D eigenvalue weighted by atomic mass is 10.1. The minimum absolute atomic E-state index is 0.0515. The molecule has 1 saturated heterocycles. The maximum Gasteiger partial charge on any atom is 0.293 e. The summed E-state index contributed by atoms with van der Waals surface area (Å²) in [6, 6.07) is 10.6. The Labute approximate surface area is 185 Å². The van der Waals surface area contributed by atoms with Gasteiger partial charge in [0.25, 0.3) is 5.91 Å². The van der Waals surface area contributed by atoms with E-state index in [1.807, 2.05) is 6.07 Å². The standard InChI is InChI=1S/C22H22ClN5O3/c23-16-3-4-18(20(14-16)31-13-10-28-8-11-30-12-9-28)19-5-7-25-21(27-19)22(29)26-17-2-1-6-24-15-17/h1-7,14-15H,8-13H2,(H,26,29). The summed E-state index contributed by atoms with van der Waals surface area (Å²) in [4.78, 5) is 27.4.